The second-order valence-corrected chi connectivity index (χ2v) is 10.6. The molecule has 3 aromatic heterocycles. The lowest BCUT2D eigenvalue weighted by molar-refractivity contribution is -0.110. The van der Waals surface area contributed by atoms with Crippen LogP contribution >= 0.6 is 11.3 Å². The topological polar surface area (TPSA) is 91.0 Å². The Hall–Kier alpha value is -3.88. The number of benzene rings is 1. The maximum atomic E-state index is 13.1. The molecule has 1 aliphatic heterocycles. The average Bonchev–Trinajstić information content (AvgIpc) is 3.63. The summed E-state index contributed by atoms with van der Waals surface area (Å²) in [7, 11) is 0. The molecule has 0 bridgehead atoms. The smallest absolute Gasteiger partial charge is 0.257 e. The molecule has 4 aromatic rings. The van der Waals surface area contributed by atoms with Crippen LogP contribution in [0, 0.1) is 13.8 Å². The Bertz CT molecular complexity index is 1550. The zero-order valence-electron chi connectivity index (χ0n) is 22.8. The largest absolute Gasteiger partial charge is 0.358 e. The van der Waals surface area contributed by atoms with Gasteiger partial charge >= 0.3 is 0 Å². The minimum atomic E-state index is -0.211. The highest BCUT2D eigenvalue weighted by Crippen LogP contribution is 2.36. The van der Waals surface area contributed by atoms with E-state index in [1.807, 2.05) is 61.7 Å². The third-order valence-corrected chi connectivity index (χ3v) is 8.18. The first kappa shape index (κ1) is 26.7. The van der Waals surface area contributed by atoms with Crippen molar-refractivity contribution in [3.63, 3.8) is 0 Å². The minimum absolute atomic E-state index is 0.135. The van der Waals surface area contributed by atoms with Crippen LogP contribution < -0.4 is 5.32 Å². The van der Waals surface area contributed by atoms with Crippen LogP contribution in [0.1, 0.15) is 59.6 Å². The molecule has 0 saturated heterocycles. The summed E-state index contributed by atoms with van der Waals surface area (Å²) in [5.74, 6) is 0.454. The van der Waals surface area contributed by atoms with E-state index >= 15 is 0 Å². The summed E-state index contributed by atoms with van der Waals surface area (Å²) in [4.78, 5) is 41.1. The molecule has 0 radical (unpaired) electrons. The summed E-state index contributed by atoms with van der Waals surface area (Å²) in [6, 6.07) is 12.0. The fourth-order valence-electron chi connectivity index (χ4n) is 5.08. The molecule has 0 aliphatic carbocycles. The number of hydrogen-bond acceptors (Lipinski definition) is 6. The van der Waals surface area contributed by atoms with Crippen LogP contribution in [0.2, 0.25) is 0 Å². The molecular formula is C31H33N5O2S. The van der Waals surface area contributed by atoms with E-state index in [1.165, 1.54) is 0 Å². The second kappa shape index (κ2) is 11.5. The number of H-pyrrole nitrogens is 1. The van der Waals surface area contributed by atoms with Crippen LogP contribution in [0.5, 0.6) is 0 Å². The molecule has 0 saturated carbocycles. The Morgan fingerprint density at radius 2 is 1.87 bits per heavy atom. The maximum absolute atomic E-state index is 13.1. The highest BCUT2D eigenvalue weighted by Gasteiger charge is 2.27. The number of ketones is 1. The molecule has 0 fully saturated rings. The normalized spacial score (nSPS) is 13.8. The molecular weight excluding hydrogens is 506 g/mol. The van der Waals surface area contributed by atoms with Gasteiger partial charge in [-0.1, -0.05) is 44.2 Å². The van der Waals surface area contributed by atoms with Gasteiger partial charge in [0.1, 0.15) is 10.8 Å². The van der Waals surface area contributed by atoms with Crippen LogP contribution in [0.15, 0.2) is 48.0 Å². The molecule has 7 nitrogen and oxygen atoms in total. The number of carbonyl (C=O) groups is 2. The molecule has 4 heterocycles. The Balaban J connectivity index is 1.41. The average molecular weight is 540 g/mol. The van der Waals surface area contributed by atoms with Crippen molar-refractivity contribution < 1.29 is 9.59 Å². The van der Waals surface area contributed by atoms with Gasteiger partial charge in [0, 0.05) is 51.6 Å². The first-order valence-electron chi connectivity index (χ1n) is 13.4. The van der Waals surface area contributed by atoms with E-state index in [0.717, 1.165) is 76.0 Å². The SMILES string of the molecule is CCN(CC)CCCC(=O)c1c(C)[nH]c(/C=C2\C(=O)Nc3ncc(-c4csc(-c5ccccc5)n4)cc32)c1C. The van der Waals surface area contributed by atoms with Crippen molar-refractivity contribution in [2.45, 2.75) is 40.5 Å². The summed E-state index contributed by atoms with van der Waals surface area (Å²) in [5, 5.41) is 5.81. The molecule has 1 amide bonds. The lowest BCUT2D eigenvalue weighted by Gasteiger charge is -2.17. The molecule has 39 heavy (non-hydrogen) atoms. The minimum Gasteiger partial charge on any atom is -0.358 e. The van der Waals surface area contributed by atoms with Gasteiger partial charge in [-0.05, 0) is 57.6 Å². The van der Waals surface area contributed by atoms with Gasteiger partial charge in [0.15, 0.2) is 5.78 Å². The summed E-state index contributed by atoms with van der Waals surface area (Å²) in [6.07, 6.45) is 4.90. The number of hydrogen-bond donors (Lipinski definition) is 2. The number of Topliss-reactive ketones (excluding diaryl/α,β-unsaturated/α-hetero) is 1. The Labute approximate surface area is 233 Å². The van der Waals surface area contributed by atoms with E-state index < -0.39 is 0 Å². The molecule has 0 spiro atoms. The van der Waals surface area contributed by atoms with Gasteiger partial charge in [0.05, 0.1) is 11.3 Å². The monoisotopic (exact) mass is 539 g/mol. The first-order valence-corrected chi connectivity index (χ1v) is 14.3. The fraction of sp³-hybridized carbons (Fsp3) is 0.290. The Morgan fingerprint density at radius 3 is 2.62 bits per heavy atom. The van der Waals surface area contributed by atoms with Gasteiger partial charge in [0.25, 0.3) is 5.91 Å². The number of aromatic amines is 1. The number of amides is 1. The fourth-order valence-corrected chi connectivity index (χ4v) is 5.91. The van der Waals surface area contributed by atoms with Crippen LogP contribution in [0.3, 0.4) is 0 Å². The van der Waals surface area contributed by atoms with Gasteiger partial charge < -0.3 is 15.2 Å². The number of aromatic nitrogens is 3. The number of pyridine rings is 1. The van der Waals surface area contributed by atoms with Gasteiger partial charge in [-0.2, -0.15) is 0 Å². The van der Waals surface area contributed by atoms with Gasteiger partial charge in [-0.3, -0.25) is 9.59 Å². The number of carbonyl (C=O) groups excluding carboxylic acids is 2. The molecule has 5 rings (SSSR count). The zero-order valence-corrected chi connectivity index (χ0v) is 23.6. The Morgan fingerprint density at radius 1 is 1.10 bits per heavy atom. The summed E-state index contributed by atoms with van der Waals surface area (Å²) < 4.78 is 0. The third kappa shape index (κ3) is 5.48. The molecule has 200 valence electrons. The van der Waals surface area contributed by atoms with Crippen molar-refractivity contribution in [1.29, 1.82) is 0 Å². The highest BCUT2D eigenvalue weighted by molar-refractivity contribution is 7.13. The van der Waals surface area contributed by atoms with Gasteiger partial charge in [-0.25, -0.2) is 9.97 Å². The van der Waals surface area contributed by atoms with Crippen molar-refractivity contribution in [3.05, 3.63) is 76.1 Å². The number of thiazole rings is 1. The molecule has 0 atom stereocenters. The molecule has 8 heteroatoms. The second-order valence-electron chi connectivity index (χ2n) is 9.75. The molecule has 2 N–H and O–H groups in total. The van der Waals surface area contributed by atoms with Crippen LogP contribution in [-0.2, 0) is 4.79 Å². The maximum Gasteiger partial charge on any atom is 0.257 e. The lowest BCUT2D eigenvalue weighted by atomic mass is 10.00. The van der Waals surface area contributed by atoms with Gasteiger partial charge in [-0.15, -0.1) is 11.3 Å². The number of nitrogens with zero attached hydrogens (tertiary/aromatic N) is 3. The summed E-state index contributed by atoms with van der Waals surface area (Å²) in [5.41, 5.74) is 7.16. The molecule has 0 unspecified atom stereocenters. The van der Waals surface area contributed by atoms with E-state index in [4.69, 9.17) is 4.98 Å². The Kier molecular flexibility index (Phi) is 7.86. The third-order valence-electron chi connectivity index (χ3n) is 7.29. The highest BCUT2D eigenvalue weighted by atomic mass is 32.1. The van der Waals surface area contributed by atoms with E-state index in [1.54, 1.807) is 17.5 Å². The summed E-state index contributed by atoms with van der Waals surface area (Å²) in [6.45, 7) is 11.0. The predicted molar refractivity (Wildman–Crippen MR) is 159 cm³/mol. The number of anilines is 1. The number of rotatable bonds is 10. The van der Waals surface area contributed by atoms with Crippen LogP contribution in [0.25, 0.3) is 33.5 Å². The number of aryl methyl sites for hydroxylation is 1. The quantitative estimate of drug-likeness (QED) is 0.175. The standard InChI is InChI=1S/C31H33N5O2S/c1-5-36(6-2)14-10-13-27(37)28-19(3)25(33-20(28)4)16-24-23-15-22(17-32-29(23)35-30(24)38)26-18-39-31(34-26)21-11-8-7-9-12-21/h7-9,11-12,15-18,33H,5-6,10,13-14H2,1-4H3,(H,32,35,38)/b24-16-. The molecule has 1 aromatic carbocycles. The lowest BCUT2D eigenvalue weighted by Crippen LogP contribution is -2.24. The van der Waals surface area contributed by atoms with E-state index in [2.05, 4.69) is 34.0 Å². The van der Waals surface area contributed by atoms with Crippen molar-refractivity contribution in [2.24, 2.45) is 0 Å². The number of fused-ring (bicyclic) bond motifs is 1. The molecule has 1 aliphatic rings. The van der Waals surface area contributed by atoms with Crippen molar-refractivity contribution in [2.75, 3.05) is 25.0 Å². The first-order chi connectivity index (χ1) is 18.9. The number of nitrogens with one attached hydrogen (secondary N) is 2. The van der Waals surface area contributed by atoms with Crippen molar-refractivity contribution in [1.82, 2.24) is 19.9 Å². The summed E-state index contributed by atoms with van der Waals surface area (Å²) >= 11 is 1.58. The van der Waals surface area contributed by atoms with Crippen LogP contribution in [0.4, 0.5) is 5.82 Å². The van der Waals surface area contributed by atoms with E-state index in [9.17, 15) is 9.59 Å². The van der Waals surface area contributed by atoms with Crippen LogP contribution in [-0.4, -0.2) is 51.2 Å². The van der Waals surface area contributed by atoms with Crippen molar-refractivity contribution >= 4 is 40.5 Å². The van der Waals surface area contributed by atoms with E-state index in [-0.39, 0.29) is 11.7 Å². The van der Waals surface area contributed by atoms with E-state index in [0.29, 0.717) is 17.8 Å². The zero-order chi connectivity index (χ0) is 27.5. The van der Waals surface area contributed by atoms with Gasteiger partial charge in [0.2, 0.25) is 0 Å². The van der Waals surface area contributed by atoms with Crippen molar-refractivity contribution in [3.8, 4) is 21.8 Å². The predicted octanol–water partition coefficient (Wildman–Crippen LogP) is 6.61.